The van der Waals surface area contributed by atoms with E-state index in [2.05, 4.69) is 0 Å². The van der Waals surface area contributed by atoms with Gasteiger partial charge in [-0.15, -0.1) is 11.3 Å². The van der Waals surface area contributed by atoms with Gasteiger partial charge < -0.3 is 5.73 Å². The second kappa shape index (κ2) is 5.12. The highest BCUT2D eigenvalue weighted by Gasteiger charge is 2.20. The van der Waals surface area contributed by atoms with Gasteiger partial charge in [0.25, 0.3) is 0 Å². The molecule has 96 valence electrons. The molecule has 1 nitrogen and oxygen atoms in total. The van der Waals surface area contributed by atoms with Gasteiger partial charge in [-0.1, -0.05) is 13.0 Å². The van der Waals surface area contributed by atoms with Crippen molar-refractivity contribution in [2.75, 3.05) is 0 Å². The Morgan fingerprint density at radius 2 is 1.83 bits per heavy atom. The van der Waals surface area contributed by atoms with E-state index < -0.39 is 23.5 Å². The summed E-state index contributed by atoms with van der Waals surface area (Å²) in [5.41, 5.74) is 5.86. The van der Waals surface area contributed by atoms with Crippen LogP contribution < -0.4 is 5.73 Å². The highest BCUT2D eigenvalue weighted by Crippen LogP contribution is 2.29. The van der Waals surface area contributed by atoms with Crippen LogP contribution in [0.4, 0.5) is 13.2 Å². The van der Waals surface area contributed by atoms with Gasteiger partial charge in [0.15, 0.2) is 17.5 Å². The average molecular weight is 271 g/mol. The maximum Gasteiger partial charge on any atom is 0.194 e. The van der Waals surface area contributed by atoms with Crippen LogP contribution in [0.25, 0.3) is 0 Å². The summed E-state index contributed by atoms with van der Waals surface area (Å²) in [5.74, 6) is -3.90. The quantitative estimate of drug-likeness (QED) is 0.845. The van der Waals surface area contributed by atoms with Crippen LogP contribution in [-0.2, 0) is 6.42 Å². The number of benzene rings is 1. The predicted octanol–water partition coefficient (Wildman–Crippen LogP) is 3.78. The first-order chi connectivity index (χ1) is 8.54. The third kappa shape index (κ3) is 2.28. The Labute approximate surface area is 107 Å². The Kier molecular flexibility index (Phi) is 3.73. The molecule has 1 atom stereocenters. The lowest BCUT2D eigenvalue weighted by molar-refractivity contribution is 0.439. The van der Waals surface area contributed by atoms with Crippen LogP contribution in [0.5, 0.6) is 0 Å². The summed E-state index contributed by atoms with van der Waals surface area (Å²) in [6, 6.07) is 4.99. The van der Waals surface area contributed by atoms with E-state index in [1.54, 1.807) is 6.07 Å². The minimum absolute atomic E-state index is 0.0293. The van der Waals surface area contributed by atoms with E-state index in [9.17, 15) is 13.2 Å². The van der Waals surface area contributed by atoms with Gasteiger partial charge >= 0.3 is 0 Å². The highest BCUT2D eigenvalue weighted by molar-refractivity contribution is 7.12. The minimum atomic E-state index is -1.48. The molecular weight excluding hydrogens is 259 g/mol. The molecule has 2 aromatic rings. The molecule has 0 saturated carbocycles. The predicted molar refractivity (Wildman–Crippen MR) is 66.0 cm³/mol. The molecule has 0 bridgehead atoms. The average Bonchev–Trinajstić information content (AvgIpc) is 2.84. The molecule has 2 N–H and O–H groups in total. The summed E-state index contributed by atoms with van der Waals surface area (Å²) in [4.78, 5) is 1.85. The lowest BCUT2D eigenvalue weighted by atomic mass is 10.1. The van der Waals surface area contributed by atoms with Crippen LogP contribution in [0.15, 0.2) is 24.3 Å². The monoisotopic (exact) mass is 271 g/mol. The zero-order valence-electron chi connectivity index (χ0n) is 9.71. The molecule has 0 aliphatic rings. The Hall–Kier alpha value is -1.33. The SMILES string of the molecule is CCc1ccc(C(N)c2ccc(F)c(F)c2F)s1. The molecule has 0 radical (unpaired) electrons. The number of rotatable bonds is 3. The van der Waals surface area contributed by atoms with Crippen molar-refractivity contribution in [1.82, 2.24) is 0 Å². The second-order valence-electron chi connectivity index (χ2n) is 3.90. The topological polar surface area (TPSA) is 26.0 Å². The maximum absolute atomic E-state index is 13.6. The number of halogens is 3. The molecule has 0 fully saturated rings. The van der Waals surface area contributed by atoms with E-state index >= 15 is 0 Å². The van der Waals surface area contributed by atoms with Gasteiger partial charge in [-0.25, -0.2) is 13.2 Å². The number of aryl methyl sites for hydroxylation is 1. The zero-order chi connectivity index (χ0) is 13.3. The van der Waals surface area contributed by atoms with E-state index in [4.69, 9.17) is 5.73 Å². The van der Waals surface area contributed by atoms with Crippen LogP contribution in [0.1, 0.15) is 28.3 Å². The highest BCUT2D eigenvalue weighted by atomic mass is 32.1. The Balaban J connectivity index is 2.39. The molecule has 18 heavy (non-hydrogen) atoms. The zero-order valence-corrected chi connectivity index (χ0v) is 10.5. The van der Waals surface area contributed by atoms with Crippen molar-refractivity contribution in [3.05, 3.63) is 57.0 Å². The molecule has 0 amide bonds. The van der Waals surface area contributed by atoms with Crippen molar-refractivity contribution in [2.24, 2.45) is 5.73 Å². The van der Waals surface area contributed by atoms with Crippen molar-refractivity contribution in [3.8, 4) is 0 Å². The molecule has 1 heterocycles. The van der Waals surface area contributed by atoms with Gasteiger partial charge in [0, 0.05) is 15.3 Å². The maximum atomic E-state index is 13.6. The Morgan fingerprint density at radius 1 is 1.11 bits per heavy atom. The number of thiophene rings is 1. The normalized spacial score (nSPS) is 12.7. The molecule has 5 heteroatoms. The third-order valence-corrected chi connectivity index (χ3v) is 4.05. The summed E-state index contributed by atoms with van der Waals surface area (Å²) in [7, 11) is 0. The molecular formula is C13H12F3NS. The molecule has 1 aromatic heterocycles. The van der Waals surface area contributed by atoms with Gasteiger partial charge in [0.05, 0.1) is 6.04 Å². The van der Waals surface area contributed by atoms with E-state index in [0.717, 1.165) is 22.2 Å². The van der Waals surface area contributed by atoms with E-state index in [1.165, 1.54) is 17.4 Å². The smallest absolute Gasteiger partial charge is 0.194 e. The van der Waals surface area contributed by atoms with Gasteiger partial charge in [-0.3, -0.25) is 0 Å². The fraction of sp³-hybridized carbons (Fsp3) is 0.231. The van der Waals surface area contributed by atoms with Gasteiger partial charge in [-0.2, -0.15) is 0 Å². The molecule has 0 aliphatic carbocycles. The third-order valence-electron chi connectivity index (χ3n) is 2.74. The summed E-state index contributed by atoms with van der Waals surface area (Å²) in [6.45, 7) is 2.00. The molecule has 2 rings (SSSR count). The van der Waals surface area contributed by atoms with Gasteiger partial charge in [0.2, 0.25) is 0 Å². The number of nitrogens with two attached hydrogens (primary N) is 1. The number of hydrogen-bond acceptors (Lipinski definition) is 2. The molecule has 1 aromatic carbocycles. The lowest BCUT2D eigenvalue weighted by Gasteiger charge is -2.11. The second-order valence-corrected chi connectivity index (χ2v) is 5.10. The van der Waals surface area contributed by atoms with Crippen molar-refractivity contribution in [2.45, 2.75) is 19.4 Å². The molecule has 0 saturated heterocycles. The molecule has 0 spiro atoms. The van der Waals surface area contributed by atoms with E-state index in [0.29, 0.717) is 0 Å². The fourth-order valence-electron chi connectivity index (χ4n) is 1.69. The summed E-state index contributed by atoms with van der Waals surface area (Å²) in [5, 5.41) is 0. The summed E-state index contributed by atoms with van der Waals surface area (Å²) < 4.78 is 39.6. The molecule has 0 aliphatic heterocycles. The van der Waals surface area contributed by atoms with Crippen molar-refractivity contribution >= 4 is 11.3 Å². The Morgan fingerprint density at radius 3 is 2.44 bits per heavy atom. The van der Waals surface area contributed by atoms with Crippen LogP contribution in [0.3, 0.4) is 0 Å². The van der Waals surface area contributed by atoms with E-state index in [-0.39, 0.29) is 5.56 Å². The van der Waals surface area contributed by atoms with Crippen molar-refractivity contribution in [3.63, 3.8) is 0 Å². The first-order valence-electron chi connectivity index (χ1n) is 5.52. The van der Waals surface area contributed by atoms with Crippen LogP contribution in [0.2, 0.25) is 0 Å². The summed E-state index contributed by atoms with van der Waals surface area (Å²) >= 11 is 1.45. The van der Waals surface area contributed by atoms with E-state index in [1.807, 2.05) is 13.0 Å². The minimum Gasteiger partial charge on any atom is -0.320 e. The van der Waals surface area contributed by atoms with Gasteiger partial charge in [-0.05, 0) is 24.6 Å². The first kappa shape index (κ1) is 13.1. The van der Waals surface area contributed by atoms with Crippen molar-refractivity contribution in [1.29, 1.82) is 0 Å². The van der Waals surface area contributed by atoms with Crippen molar-refractivity contribution < 1.29 is 13.2 Å². The lowest BCUT2D eigenvalue weighted by Crippen LogP contribution is -2.13. The first-order valence-corrected chi connectivity index (χ1v) is 6.33. The van der Waals surface area contributed by atoms with Crippen LogP contribution in [0, 0.1) is 17.5 Å². The molecule has 1 unspecified atom stereocenters. The van der Waals surface area contributed by atoms with Crippen LogP contribution >= 0.6 is 11.3 Å². The van der Waals surface area contributed by atoms with Gasteiger partial charge in [0.1, 0.15) is 0 Å². The number of hydrogen-bond donors (Lipinski definition) is 1. The fourth-order valence-corrected chi connectivity index (χ4v) is 2.66. The van der Waals surface area contributed by atoms with Crippen LogP contribution in [-0.4, -0.2) is 0 Å². The standard InChI is InChI=1S/C13H12F3NS/c1-2-7-3-6-10(18-7)13(17)8-4-5-9(14)12(16)11(8)15/h3-6,13H,2,17H2,1H3. The largest absolute Gasteiger partial charge is 0.320 e. The Bertz CT molecular complexity index is 565. The summed E-state index contributed by atoms with van der Waals surface area (Å²) in [6.07, 6.45) is 0.859.